The van der Waals surface area contributed by atoms with Gasteiger partial charge in [-0.1, -0.05) is 13.8 Å². The predicted octanol–water partition coefficient (Wildman–Crippen LogP) is 2.67. The van der Waals surface area contributed by atoms with E-state index >= 15 is 0 Å². The summed E-state index contributed by atoms with van der Waals surface area (Å²) in [6.45, 7) is 6.80. The number of carbonyl (C=O) groups excluding carboxylic acids is 1. The zero-order chi connectivity index (χ0) is 16.0. The van der Waals surface area contributed by atoms with Crippen molar-refractivity contribution >= 4 is 5.78 Å². The molecule has 0 atom stereocenters. The van der Waals surface area contributed by atoms with E-state index in [0.717, 1.165) is 31.8 Å². The van der Waals surface area contributed by atoms with Crippen LogP contribution in [0.1, 0.15) is 24.2 Å². The molecule has 0 amide bonds. The average molecular weight is 298 g/mol. The summed E-state index contributed by atoms with van der Waals surface area (Å²) in [5.41, 5.74) is 0.215. The smallest absolute Gasteiger partial charge is 0.176 e. The van der Waals surface area contributed by atoms with Gasteiger partial charge in [0.1, 0.15) is 0 Å². The fraction of sp³-hybridized carbons (Fsp3) is 0.562. The molecule has 0 spiro atoms. The van der Waals surface area contributed by atoms with Crippen LogP contribution < -0.4 is 0 Å². The highest BCUT2D eigenvalue weighted by molar-refractivity contribution is 5.97. The van der Waals surface area contributed by atoms with Crippen molar-refractivity contribution in [3.63, 3.8) is 0 Å². The lowest BCUT2D eigenvalue weighted by molar-refractivity contribution is 0.0915. The van der Waals surface area contributed by atoms with E-state index in [0.29, 0.717) is 5.92 Å². The van der Waals surface area contributed by atoms with E-state index in [2.05, 4.69) is 18.7 Å². The Morgan fingerprint density at radius 1 is 1.14 bits per heavy atom. The van der Waals surface area contributed by atoms with E-state index in [4.69, 9.17) is 0 Å². The molecule has 0 fully saturated rings. The molecule has 118 valence electrons. The number of Topliss-reactive ketones (excluding diaryl/α,β-unsaturated/α-hetero) is 1. The summed E-state index contributed by atoms with van der Waals surface area (Å²) >= 11 is 0. The first kappa shape index (κ1) is 17.7. The second kappa shape index (κ2) is 8.20. The minimum absolute atomic E-state index is 0.187. The van der Waals surface area contributed by atoms with Crippen LogP contribution in [0.4, 0.5) is 8.78 Å². The van der Waals surface area contributed by atoms with Crippen molar-refractivity contribution in [3.8, 4) is 0 Å². The van der Waals surface area contributed by atoms with Crippen molar-refractivity contribution < 1.29 is 13.6 Å². The zero-order valence-electron chi connectivity index (χ0n) is 13.2. The normalized spacial score (nSPS) is 11.7. The van der Waals surface area contributed by atoms with Crippen molar-refractivity contribution in [1.29, 1.82) is 0 Å². The number of likely N-dealkylation sites (N-methyl/N-ethyl adjacent to an activating group) is 1. The fourth-order valence-corrected chi connectivity index (χ4v) is 2.06. The Morgan fingerprint density at radius 3 is 2.33 bits per heavy atom. The molecule has 0 radical (unpaired) electrons. The number of rotatable bonds is 8. The first-order valence-electron chi connectivity index (χ1n) is 7.15. The molecule has 21 heavy (non-hydrogen) atoms. The molecule has 1 aromatic rings. The molecule has 0 heterocycles. The molecule has 0 aliphatic carbocycles. The molecule has 0 saturated heterocycles. The lowest BCUT2D eigenvalue weighted by Gasteiger charge is -2.25. The summed E-state index contributed by atoms with van der Waals surface area (Å²) in [6, 6.07) is 3.30. The molecule has 5 heteroatoms. The third-order valence-corrected chi connectivity index (χ3v) is 3.10. The molecule has 0 aliphatic rings. The van der Waals surface area contributed by atoms with Gasteiger partial charge in [0.2, 0.25) is 0 Å². The molecule has 0 aliphatic heterocycles. The third-order valence-electron chi connectivity index (χ3n) is 3.10. The van der Waals surface area contributed by atoms with Gasteiger partial charge < -0.3 is 4.90 Å². The van der Waals surface area contributed by atoms with E-state index in [9.17, 15) is 13.6 Å². The maximum Gasteiger partial charge on any atom is 0.176 e. The maximum atomic E-state index is 13.2. The summed E-state index contributed by atoms with van der Waals surface area (Å²) in [5, 5.41) is 0. The lowest BCUT2D eigenvalue weighted by Crippen LogP contribution is -2.38. The van der Waals surface area contributed by atoms with E-state index in [1.165, 1.54) is 6.07 Å². The van der Waals surface area contributed by atoms with Crippen molar-refractivity contribution in [2.45, 2.75) is 13.8 Å². The monoisotopic (exact) mass is 298 g/mol. The molecule has 1 rings (SSSR count). The van der Waals surface area contributed by atoms with Crippen LogP contribution in [0.5, 0.6) is 0 Å². The van der Waals surface area contributed by atoms with Crippen molar-refractivity contribution in [2.24, 2.45) is 5.92 Å². The first-order valence-corrected chi connectivity index (χ1v) is 7.15. The number of benzene rings is 1. The lowest BCUT2D eigenvalue weighted by atomic mass is 10.1. The minimum atomic E-state index is -0.982. The van der Waals surface area contributed by atoms with Gasteiger partial charge in [0, 0.05) is 25.2 Å². The SMILES string of the molecule is CC(C)CN(CCN(C)C)CC(=O)c1ccc(F)c(F)c1. The minimum Gasteiger partial charge on any atom is -0.308 e. The summed E-state index contributed by atoms with van der Waals surface area (Å²) in [6.07, 6.45) is 0. The molecule has 0 unspecified atom stereocenters. The van der Waals surface area contributed by atoms with Crippen LogP contribution in [0.15, 0.2) is 18.2 Å². The van der Waals surface area contributed by atoms with Crippen molar-refractivity contribution in [2.75, 3.05) is 40.3 Å². The summed E-state index contributed by atoms with van der Waals surface area (Å²) < 4.78 is 26.1. The van der Waals surface area contributed by atoms with Gasteiger partial charge in [-0.05, 0) is 38.2 Å². The van der Waals surface area contributed by atoms with Gasteiger partial charge in [-0.3, -0.25) is 9.69 Å². The molecule has 0 aromatic heterocycles. The Labute approximate surface area is 125 Å². The molecule has 3 nitrogen and oxygen atoms in total. The van der Waals surface area contributed by atoms with Gasteiger partial charge in [0.15, 0.2) is 17.4 Å². The predicted molar refractivity (Wildman–Crippen MR) is 80.5 cm³/mol. The van der Waals surface area contributed by atoms with E-state index in [1.807, 2.05) is 19.0 Å². The van der Waals surface area contributed by atoms with Crippen LogP contribution in [-0.2, 0) is 0 Å². The number of nitrogens with zero attached hydrogens (tertiary/aromatic N) is 2. The van der Waals surface area contributed by atoms with Crippen molar-refractivity contribution in [3.05, 3.63) is 35.4 Å². The number of hydrogen-bond acceptors (Lipinski definition) is 3. The Bertz CT molecular complexity index is 475. The summed E-state index contributed by atoms with van der Waals surface area (Å²) in [7, 11) is 3.95. The number of halogens is 2. The Morgan fingerprint density at radius 2 is 1.81 bits per heavy atom. The summed E-state index contributed by atoms with van der Waals surface area (Å²) in [5.74, 6) is -1.67. The molecule has 0 N–H and O–H groups in total. The standard InChI is InChI=1S/C16H24F2N2O/c1-12(2)10-20(8-7-19(3)4)11-16(21)13-5-6-14(17)15(18)9-13/h5-6,9,12H,7-8,10-11H2,1-4H3. The van der Waals surface area contributed by atoms with Crippen molar-refractivity contribution in [1.82, 2.24) is 9.80 Å². The molecular formula is C16H24F2N2O. The van der Waals surface area contributed by atoms with Gasteiger partial charge in [-0.2, -0.15) is 0 Å². The van der Waals surface area contributed by atoms with E-state index < -0.39 is 11.6 Å². The molecule has 0 saturated carbocycles. The molecule has 0 bridgehead atoms. The van der Waals surface area contributed by atoms with Crippen LogP contribution in [-0.4, -0.2) is 55.9 Å². The summed E-state index contributed by atoms with van der Waals surface area (Å²) in [4.78, 5) is 16.3. The largest absolute Gasteiger partial charge is 0.308 e. The second-order valence-corrected chi connectivity index (χ2v) is 5.98. The first-order chi connectivity index (χ1) is 9.79. The number of carbonyl (C=O) groups is 1. The highest BCUT2D eigenvalue weighted by atomic mass is 19.2. The molecule has 1 aromatic carbocycles. The van der Waals surface area contributed by atoms with Crippen LogP contribution in [0.3, 0.4) is 0 Å². The number of ketones is 1. The topological polar surface area (TPSA) is 23.6 Å². The van der Waals surface area contributed by atoms with Gasteiger partial charge in [-0.25, -0.2) is 8.78 Å². The second-order valence-electron chi connectivity index (χ2n) is 5.98. The van der Waals surface area contributed by atoms with E-state index in [1.54, 1.807) is 0 Å². The Hall–Kier alpha value is -1.33. The fourth-order valence-electron chi connectivity index (χ4n) is 2.06. The number of hydrogen-bond donors (Lipinski definition) is 0. The third kappa shape index (κ3) is 6.31. The van der Waals surface area contributed by atoms with E-state index in [-0.39, 0.29) is 17.9 Å². The van der Waals surface area contributed by atoms with Crippen LogP contribution in [0.2, 0.25) is 0 Å². The Kier molecular flexibility index (Phi) is 6.92. The quantitative estimate of drug-likeness (QED) is 0.689. The average Bonchev–Trinajstić information content (AvgIpc) is 2.38. The van der Waals surface area contributed by atoms with Gasteiger partial charge >= 0.3 is 0 Å². The van der Waals surface area contributed by atoms with Gasteiger partial charge in [0.05, 0.1) is 6.54 Å². The highest BCUT2D eigenvalue weighted by Crippen LogP contribution is 2.10. The molecular weight excluding hydrogens is 274 g/mol. The Balaban J connectivity index is 2.71. The van der Waals surface area contributed by atoms with Crippen LogP contribution in [0, 0.1) is 17.6 Å². The maximum absolute atomic E-state index is 13.2. The van der Waals surface area contributed by atoms with Crippen LogP contribution >= 0.6 is 0 Å². The van der Waals surface area contributed by atoms with Gasteiger partial charge in [0.25, 0.3) is 0 Å². The highest BCUT2D eigenvalue weighted by Gasteiger charge is 2.15. The van der Waals surface area contributed by atoms with Crippen LogP contribution in [0.25, 0.3) is 0 Å². The van der Waals surface area contributed by atoms with Gasteiger partial charge in [-0.15, -0.1) is 0 Å². The zero-order valence-corrected chi connectivity index (χ0v) is 13.2.